The van der Waals surface area contributed by atoms with Gasteiger partial charge in [-0.05, 0) is 55.7 Å². The largest absolute Gasteiger partial charge is 0.445 e. The lowest BCUT2D eigenvalue weighted by atomic mass is 9.81. The molecule has 0 radical (unpaired) electrons. The minimum absolute atomic E-state index is 0.183. The maximum absolute atomic E-state index is 13.8. The first-order chi connectivity index (χ1) is 23.2. The number of nitrogens with one attached hydrogen (secondary N) is 4. The van der Waals surface area contributed by atoms with Gasteiger partial charge in [-0.3, -0.25) is 24.6 Å². The molecule has 1 saturated carbocycles. The van der Waals surface area contributed by atoms with E-state index in [4.69, 9.17) is 44.5 Å². The van der Waals surface area contributed by atoms with Crippen molar-refractivity contribution in [3.63, 3.8) is 0 Å². The van der Waals surface area contributed by atoms with Crippen LogP contribution in [-0.4, -0.2) is 103 Å². The molecule has 264 valence electrons. The molecule has 1 aromatic carbocycles. The fraction of sp³-hybridized carbons (Fsp3) is 0.594. The molecule has 17 heteroatoms. The first-order valence-electron chi connectivity index (χ1n) is 16.5. The molecule has 49 heavy (non-hydrogen) atoms. The summed E-state index contributed by atoms with van der Waals surface area (Å²) in [5.41, 5.74) is 0.552. The summed E-state index contributed by atoms with van der Waals surface area (Å²) in [7, 11) is 0. The molecule has 1 aromatic rings. The molecule has 2 aliphatic carbocycles. The number of nitrogens with zero attached hydrogens (tertiary/aromatic N) is 3. The van der Waals surface area contributed by atoms with Gasteiger partial charge in [-0.2, -0.15) is 0 Å². The SMILES string of the molecule is C=C1NC2[C@H](CN3C(=O)C4CCCCC4C3=O)N=C(NC(=O)OCC(Cl)(Cl)Cl)N3CC(NC(=O)c4cccc5c4CCCC5)C(O)(O)C23N1. The molecule has 6 atom stereocenters. The molecule has 4 aliphatic heterocycles. The van der Waals surface area contributed by atoms with Gasteiger partial charge in [0.15, 0.2) is 5.66 Å². The summed E-state index contributed by atoms with van der Waals surface area (Å²) < 4.78 is 3.18. The molecule has 5 unspecified atom stereocenters. The monoisotopic (exact) mass is 737 g/mol. The van der Waals surface area contributed by atoms with Crippen LogP contribution in [0.4, 0.5) is 4.79 Å². The lowest BCUT2D eigenvalue weighted by Gasteiger charge is -2.49. The van der Waals surface area contributed by atoms with E-state index in [1.807, 2.05) is 12.1 Å². The molecule has 6 N–H and O–H groups in total. The molecule has 6 aliphatic rings. The number of rotatable bonds is 5. The second-order valence-corrected chi connectivity index (χ2v) is 16.1. The Kier molecular flexibility index (Phi) is 8.70. The summed E-state index contributed by atoms with van der Waals surface area (Å²) in [4.78, 5) is 61.1. The lowest BCUT2D eigenvalue weighted by molar-refractivity contribution is -0.231. The van der Waals surface area contributed by atoms with Crippen LogP contribution in [0.25, 0.3) is 0 Å². The number of benzene rings is 1. The zero-order valence-electron chi connectivity index (χ0n) is 26.5. The maximum atomic E-state index is 13.8. The van der Waals surface area contributed by atoms with Gasteiger partial charge in [0.2, 0.25) is 27.4 Å². The van der Waals surface area contributed by atoms with Crippen LogP contribution in [0.3, 0.4) is 0 Å². The molecule has 3 saturated heterocycles. The number of alkyl carbamates (subject to hydrolysis) is 1. The number of hydrogen-bond donors (Lipinski definition) is 6. The Morgan fingerprint density at radius 1 is 1.08 bits per heavy atom. The summed E-state index contributed by atoms with van der Waals surface area (Å²) in [6.07, 6.45) is 5.40. The number of amides is 4. The van der Waals surface area contributed by atoms with Crippen molar-refractivity contribution in [2.24, 2.45) is 16.8 Å². The second kappa shape index (κ2) is 12.5. The van der Waals surface area contributed by atoms with Crippen LogP contribution in [0, 0.1) is 11.8 Å². The van der Waals surface area contributed by atoms with Crippen molar-refractivity contribution < 1.29 is 34.1 Å². The van der Waals surface area contributed by atoms with Crippen molar-refractivity contribution in [1.29, 1.82) is 0 Å². The molecule has 0 aromatic heterocycles. The molecule has 0 bridgehead atoms. The normalized spacial score (nSPS) is 31.5. The Morgan fingerprint density at radius 3 is 2.47 bits per heavy atom. The molecular formula is C32H38Cl3N7O7. The quantitative estimate of drug-likeness (QED) is 0.147. The number of carbonyl (C=O) groups excluding carboxylic acids is 4. The van der Waals surface area contributed by atoms with E-state index >= 15 is 0 Å². The van der Waals surface area contributed by atoms with Gasteiger partial charge in [-0.15, -0.1) is 0 Å². The van der Waals surface area contributed by atoms with Gasteiger partial charge in [-0.25, -0.2) is 9.79 Å². The fourth-order valence-corrected chi connectivity index (χ4v) is 8.70. The third kappa shape index (κ3) is 5.78. The van der Waals surface area contributed by atoms with Crippen molar-refractivity contribution in [1.82, 2.24) is 31.1 Å². The highest BCUT2D eigenvalue weighted by atomic mass is 35.6. The van der Waals surface area contributed by atoms with E-state index in [1.165, 1.54) is 9.80 Å². The third-order valence-corrected chi connectivity index (χ3v) is 11.0. The molecule has 4 fully saturated rings. The Morgan fingerprint density at radius 2 is 1.78 bits per heavy atom. The molecule has 4 heterocycles. The van der Waals surface area contributed by atoms with Gasteiger partial charge in [0.25, 0.3) is 5.91 Å². The Hall–Kier alpha value is -3.30. The molecule has 14 nitrogen and oxygen atoms in total. The van der Waals surface area contributed by atoms with Crippen LogP contribution in [0.5, 0.6) is 0 Å². The average molecular weight is 739 g/mol. The highest BCUT2D eigenvalue weighted by Crippen LogP contribution is 2.46. The number of aryl methyl sites for hydroxylation is 1. The van der Waals surface area contributed by atoms with E-state index in [-0.39, 0.29) is 36.7 Å². The smallest absolute Gasteiger partial charge is 0.414 e. The minimum Gasteiger partial charge on any atom is -0.445 e. The van der Waals surface area contributed by atoms with E-state index < -0.39 is 63.8 Å². The molecule has 4 amide bonds. The number of ether oxygens (including phenoxy) is 1. The summed E-state index contributed by atoms with van der Waals surface area (Å²) in [6, 6.07) is 2.16. The minimum atomic E-state index is -2.73. The summed E-state index contributed by atoms with van der Waals surface area (Å²) >= 11 is 17.3. The maximum Gasteiger partial charge on any atom is 0.414 e. The van der Waals surface area contributed by atoms with Crippen LogP contribution in [-0.2, 0) is 27.2 Å². The van der Waals surface area contributed by atoms with Gasteiger partial charge in [0.05, 0.1) is 36.3 Å². The van der Waals surface area contributed by atoms with Crippen LogP contribution in [0.1, 0.15) is 60.0 Å². The third-order valence-electron chi connectivity index (χ3n) is 10.7. The number of alkyl halides is 3. The highest BCUT2D eigenvalue weighted by Gasteiger charge is 2.74. The summed E-state index contributed by atoms with van der Waals surface area (Å²) in [5, 5.41) is 35.8. The number of likely N-dealkylation sites (tertiary alicyclic amines) is 1. The summed E-state index contributed by atoms with van der Waals surface area (Å²) in [6.45, 7) is 2.90. The van der Waals surface area contributed by atoms with Crippen LogP contribution >= 0.6 is 34.8 Å². The van der Waals surface area contributed by atoms with Crippen molar-refractivity contribution in [2.45, 2.75) is 84.7 Å². The topological polar surface area (TPSA) is 185 Å². The van der Waals surface area contributed by atoms with Gasteiger partial charge >= 0.3 is 6.09 Å². The fourth-order valence-electron chi connectivity index (χ4n) is 8.53. The Bertz CT molecular complexity index is 1610. The number of halogens is 3. The standard InChI is InChI=1S/C32H38Cl3N7O7/c1-16-36-24-22(13-41-26(44)20-10-4-5-11-21(20)27(41)45)37-28(39-29(46)49-15-30(33,34)35)42-14-23(32(47,48)31(24,42)40-16)38-25(43)19-12-6-8-17-7-2-3-9-18(17)19/h6,8,12,20-24,36,40,47-48H,1-5,7,9-11,13-15H2,(H,38,43)(H,37,39,46)/t20?,21?,22-,23?,24?,31?/m0/s1. The Labute approximate surface area is 297 Å². The second-order valence-electron chi connectivity index (χ2n) is 13.6. The van der Waals surface area contributed by atoms with Gasteiger partial charge in [0, 0.05) is 12.1 Å². The van der Waals surface area contributed by atoms with Crippen LogP contribution in [0.2, 0.25) is 0 Å². The Balaban J connectivity index is 1.23. The first-order valence-corrected chi connectivity index (χ1v) is 17.7. The molecule has 7 rings (SSSR count). The zero-order valence-corrected chi connectivity index (χ0v) is 28.8. The molecular weight excluding hydrogens is 701 g/mol. The number of guanidine groups is 1. The number of aliphatic imine (C=N–C) groups is 1. The first kappa shape index (κ1) is 34.2. The van der Waals surface area contributed by atoms with Crippen molar-refractivity contribution in [3.05, 3.63) is 47.3 Å². The van der Waals surface area contributed by atoms with Gasteiger partial charge in [0.1, 0.15) is 12.6 Å². The van der Waals surface area contributed by atoms with E-state index in [9.17, 15) is 29.4 Å². The van der Waals surface area contributed by atoms with Crippen molar-refractivity contribution in [3.8, 4) is 0 Å². The van der Waals surface area contributed by atoms with E-state index in [0.29, 0.717) is 18.4 Å². The predicted molar refractivity (Wildman–Crippen MR) is 178 cm³/mol. The van der Waals surface area contributed by atoms with E-state index in [0.717, 1.165) is 49.7 Å². The van der Waals surface area contributed by atoms with Crippen LogP contribution in [0.15, 0.2) is 35.6 Å². The predicted octanol–water partition coefficient (Wildman–Crippen LogP) is 1.40. The van der Waals surface area contributed by atoms with Gasteiger partial charge in [-0.1, -0.05) is 66.4 Å². The number of hydrogen-bond acceptors (Lipinski definition) is 11. The van der Waals surface area contributed by atoms with Crippen molar-refractivity contribution in [2.75, 3.05) is 19.7 Å². The van der Waals surface area contributed by atoms with E-state index in [1.54, 1.807) is 6.07 Å². The number of aliphatic hydroxyl groups is 2. The number of carbonyl (C=O) groups is 4. The summed E-state index contributed by atoms with van der Waals surface area (Å²) in [5.74, 6) is -4.64. The van der Waals surface area contributed by atoms with Gasteiger partial charge < -0.3 is 35.8 Å². The van der Waals surface area contributed by atoms with Crippen molar-refractivity contribution >= 4 is 64.6 Å². The zero-order chi connectivity index (χ0) is 34.9. The van der Waals surface area contributed by atoms with E-state index in [2.05, 4.69) is 27.8 Å². The lowest BCUT2D eigenvalue weighted by Crippen LogP contribution is -2.78. The van der Waals surface area contributed by atoms with Crippen LogP contribution < -0.4 is 21.3 Å². The number of fused-ring (bicyclic) bond motifs is 2. The average Bonchev–Trinajstić information content (AvgIpc) is 3.62. The molecule has 1 spiro atoms. The highest BCUT2D eigenvalue weighted by molar-refractivity contribution is 6.67. The number of imide groups is 1.